The molecule has 2 rings (SSSR count). The van der Waals surface area contributed by atoms with Gasteiger partial charge in [0.25, 0.3) is 0 Å². The van der Waals surface area contributed by atoms with E-state index in [0.717, 1.165) is 15.5 Å². The van der Waals surface area contributed by atoms with Crippen molar-refractivity contribution in [2.45, 2.75) is 0 Å². The molecule has 0 amide bonds. The highest BCUT2D eigenvalue weighted by Gasteiger charge is 2.05. The number of aromatic nitrogens is 2. The first-order valence-corrected chi connectivity index (χ1v) is 5.14. The molecule has 0 saturated carbocycles. The van der Waals surface area contributed by atoms with E-state index >= 15 is 0 Å². The van der Waals surface area contributed by atoms with Gasteiger partial charge in [-0.2, -0.15) is 0 Å². The standard InChI is InChI=1S/C8H5Br2N3/c9-7-4-2-1-3-5(11)6(4)12-8(10)13-7/h1-3H,11H2. The molecule has 3 nitrogen and oxygen atoms in total. The molecule has 0 fully saturated rings. The van der Waals surface area contributed by atoms with Crippen LogP contribution in [-0.2, 0) is 0 Å². The lowest BCUT2D eigenvalue weighted by Crippen LogP contribution is -1.92. The minimum absolute atomic E-state index is 0.532. The van der Waals surface area contributed by atoms with E-state index in [1.807, 2.05) is 18.2 Å². The first kappa shape index (κ1) is 8.90. The molecule has 0 bridgehead atoms. The molecule has 2 N–H and O–H groups in total. The lowest BCUT2D eigenvalue weighted by Gasteiger charge is -2.02. The lowest BCUT2D eigenvalue weighted by atomic mass is 10.2. The fourth-order valence-electron chi connectivity index (χ4n) is 1.11. The van der Waals surface area contributed by atoms with Crippen LogP contribution in [0.3, 0.4) is 0 Å². The Kier molecular flexibility index (Phi) is 2.21. The molecule has 2 aromatic rings. The average Bonchev–Trinajstić information content (AvgIpc) is 2.07. The molecular formula is C8H5Br2N3. The van der Waals surface area contributed by atoms with E-state index in [0.29, 0.717) is 10.4 Å². The molecule has 0 unspecified atom stereocenters. The third kappa shape index (κ3) is 1.53. The number of benzene rings is 1. The molecule has 0 aliphatic rings. The Labute approximate surface area is 91.6 Å². The smallest absolute Gasteiger partial charge is 0.198 e. The third-order valence-electron chi connectivity index (χ3n) is 1.68. The van der Waals surface area contributed by atoms with Gasteiger partial charge in [0.1, 0.15) is 4.60 Å². The summed E-state index contributed by atoms with van der Waals surface area (Å²) < 4.78 is 1.28. The van der Waals surface area contributed by atoms with Gasteiger partial charge in [-0.3, -0.25) is 0 Å². The topological polar surface area (TPSA) is 51.8 Å². The van der Waals surface area contributed by atoms with Crippen molar-refractivity contribution < 1.29 is 0 Å². The third-order valence-corrected chi connectivity index (χ3v) is 2.64. The van der Waals surface area contributed by atoms with Crippen LogP contribution in [0.4, 0.5) is 5.69 Å². The van der Waals surface area contributed by atoms with Gasteiger partial charge in [-0.05, 0) is 44.0 Å². The van der Waals surface area contributed by atoms with Crippen LogP contribution in [0.15, 0.2) is 27.5 Å². The van der Waals surface area contributed by atoms with Crippen molar-refractivity contribution in [2.24, 2.45) is 0 Å². The van der Waals surface area contributed by atoms with Crippen LogP contribution in [0.1, 0.15) is 0 Å². The number of nitrogen functional groups attached to an aromatic ring is 1. The van der Waals surface area contributed by atoms with E-state index in [4.69, 9.17) is 5.73 Å². The van der Waals surface area contributed by atoms with Crippen molar-refractivity contribution in [1.29, 1.82) is 0 Å². The lowest BCUT2D eigenvalue weighted by molar-refractivity contribution is 1.14. The maximum absolute atomic E-state index is 5.76. The second-order valence-electron chi connectivity index (χ2n) is 2.53. The van der Waals surface area contributed by atoms with Crippen LogP contribution in [0.2, 0.25) is 0 Å². The molecule has 0 spiro atoms. The van der Waals surface area contributed by atoms with Crippen LogP contribution in [-0.4, -0.2) is 9.97 Å². The van der Waals surface area contributed by atoms with E-state index in [9.17, 15) is 0 Å². The van der Waals surface area contributed by atoms with Crippen LogP contribution in [0, 0.1) is 0 Å². The maximum Gasteiger partial charge on any atom is 0.198 e. The Morgan fingerprint density at radius 2 is 1.92 bits per heavy atom. The van der Waals surface area contributed by atoms with E-state index in [-0.39, 0.29) is 0 Å². The second kappa shape index (κ2) is 3.23. The number of rotatable bonds is 0. The number of para-hydroxylation sites is 1. The zero-order chi connectivity index (χ0) is 9.42. The molecule has 0 atom stereocenters. The van der Waals surface area contributed by atoms with Gasteiger partial charge in [0.15, 0.2) is 4.73 Å². The van der Waals surface area contributed by atoms with Crippen LogP contribution in [0.5, 0.6) is 0 Å². The van der Waals surface area contributed by atoms with Gasteiger partial charge < -0.3 is 5.73 Å². The largest absolute Gasteiger partial charge is 0.397 e. The van der Waals surface area contributed by atoms with Crippen molar-refractivity contribution in [2.75, 3.05) is 5.73 Å². The van der Waals surface area contributed by atoms with Crippen molar-refractivity contribution in [3.8, 4) is 0 Å². The molecule has 13 heavy (non-hydrogen) atoms. The molecule has 1 aromatic carbocycles. The van der Waals surface area contributed by atoms with Crippen LogP contribution in [0.25, 0.3) is 10.9 Å². The quantitative estimate of drug-likeness (QED) is 0.462. The molecule has 0 aliphatic carbocycles. The number of hydrogen-bond donors (Lipinski definition) is 1. The fraction of sp³-hybridized carbons (Fsp3) is 0. The van der Waals surface area contributed by atoms with Crippen molar-refractivity contribution in [3.05, 3.63) is 27.5 Å². The molecule has 66 valence electrons. The molecule has 0 radical (unpaired) electrons. The summed E-state index contributed by atoms with van der Waals surface area (Å²) in [4.78, 5) is 8.30. The summed E-state index contributed by atoms with van der Waals surface area (Å²) in [6, 6.07) is 5.61. The number of hydrogen-bond acceptors (Lipinski definition) is 3. The highest BCUT2D eigenvalue weighted by molar-refractivity contribution is 9.11. The van der Waals surface area contributed by atoms with E-state index in [2.05, 4.69) is 41.8 Å². The maximum atomic E-state index is 5.76. The van der Waals surface area contributed by atoms with Crippen molar-refractivity contribution in [3.63, 3.8) is 0 Å². The minimum atomic E-state index is 0.532. The Balaban J connectivity index is 2.94. The summed E-state index contributed by atoms with van der Waals surface area (Å²) in [6.07, 6.45) is 0. The molecule has 0 aliphatic heterocycles. The summed E-state index contributed by atoms with van der Waals surface area (Å²) >= 11 is 6.55. The summed E-state index contributed by atoms with van der Waals surface area (Å²) in [6.45, 7) is 0. The van der Waals surface area contributed by atoms with Gasteiger partial charge in [-0.25, -0.2) is 9.97 Å². The van der Waals surface area contributed by atoms with Gasteiger partial charge in [0.05, 0.1) is 11.2 Å². The number of nitrogens with zero attached hydrogens (tertiary/aromatic N) is 2. The van der Waals surface area contributed by atoms with Gasteiger partial charge in [-0.1, -0.05) is 6.07 Å². The molecule has 1 aromatic heterocycles. The number of halogens is 2. The predicted molar refractivity (Wildman–Crippen MR) is 59.4 cm³/mol. The molecule has 5 heteroatoms. The summed E-state index contributed by atoms with van der Waals surface area (Å²) in [7, 11) is 0. The van der Waals surface area contributed by atoms with E-state index < -0.39 is 0 Å². The normalized spacial score (nSPS) is 10.6. The van der Waals surface area contributed by atoms with E-state index in [1.165, 1.54) is 0 Å². The molecule has 0 saturated heterocycles. The number of anilines is 1. The molecular weight excluding hydrogens is 298 g/mol. The number of fused-ring (bicyclic) bond motifs is 1. The van der Waals surface area contributed by atoms with Crippen LogP contribution >= 0.6 is 31.9 Å². The average molecular weight is 303 g/mol. The first-order chi connectivity index (χ1) is 6.18. The minimum Gasteiger partial charge on any atom is -0.397 e. The zero-order valence-electron chi connectivity index (χ0n) is 6.46. The zero-order valence-corrected chi connectivity index (χ0v) is 9.63. The second-order valence-corrected chi connectivity index (χ2v) is 3.99. The van der Waals surface area contributed by atoms with E-state index in [1.54, 1.807) is 0 Å². The predicted octanol–water partition coefficient (Wildman–Crippen LogP) is 2.74. The van der Waals surface area contributed by atoms with Gasteiger partial charge in [0.2, 0.25) is 0 Å². The Hall–Kier alpha value is -0.680. The summed E-state index contributed by atoms with van der Waals surface area (Å²) in [5.41, 5.74) is 7.18. The summed E-state index contributed by atoms with van der Waals surface area (Å²) in [5.74, 6) is 0. The van der Waals surface area contributed by atoms with Crippen LogP contribution < -0.4 is 5.73 Å². The number of nitrogens with two attached hydrogens (primary N) is 1. The SMILES string of the molecule is Nc1cccc2c(Br)nc(Br)nc12. The fourth-order valence-corrected chi connectivity index (χ4v) is 2.19. The van der Waals surface area contributed by atoms with Gasteiger partial charge in [0, 0.05) is 5.39 Å². The monoisotopic (exact) mass is 301 g/mol. The first-order valence-electron chi connectivity index (χ1n) is 3.56. The van der Waals surface area contributed by atoms with Gasteiger partial charge >= 0.3 is 0 Å². The van der Waals surface area contributed by atoms with Crippen molar-refractivity contribution >= 4 is 48.5 Å². The van der Waals surface area contributed by atoms with Crippen molar-refractivity contribution in [1.82, 2.24) is 9.97 Å². The Morgan fingerprint density at radius 3 is 2.69 bits per heavy atom. The highest BCUT2D eigenvalue weighted by Crippen LogP contribution is 2.25. The Bertz CT molecular complexity index is 470. The highest BCUT2D eigenvalue weighted by atomic mass is 79.9. The van der Waals surface area contributed by atoms with Gasteiger partial charge in [-0.15, -0.1) is 0 Å². The summed E-state index contributed by atoms with van der Waals surface area (Å²) in [5, 5.41) is 0.920. The molecule has 1 heterocycles. The Morgan fingerprint density at radius 1 is 1.15 bits per heavy atom.